The van der Waals surface area contributed by atoms with Gasteiger partial charge in [-0.3, -0.25) is 0 Å². The van der Waals surface area contributed by atoms with Gasteiger partial charge in [0.1, 0.15) is 11.0 Å². The molecule has 6 aromatic rings. The fourth-order valence-electron chi connectivity index (χ4n) is 4.62. The van der Waals surface area contributed by atoms with Gasteiger partial charge >= 0.3 is 0 Å². The highest BCUT2D eigenvalue weighted by molar-refractivity contribution is 15.0. The van der Waals surface area contributed by atoms with Crippen LogP contribution in [-0.2, 0) is 13.1 Å². The van der Waals surface area contributed by atoms with Gasteiger partial charge in [0.2, 0.25) is 0 Å². The third-order valence-corrected chi connectivity index (χ3v) is 6.28. The van der Waals surface area contributed by atoms with E-state index in [9.17, 15) is 0 Å². The molecule has 0 amide bonds. The lowest BCUT2D eigenvalue weighted by Crippen LogP contribution is -2.03. The number of rotatable bonds is 4. The maximum absolute atomic E-state index is 6.20. The van der Waals surface area contributed by atoms with Crippen molar-refractivity contribution in [3.63, 3.8) is 0 Å². The molecule has 0 radical (unpaired) electrons. The van der Waals surface area contributed by atoms with Crippen LogP contribution in [-0.4, -0.2) is 29.1 Å². The molecule has 39 heavy (non-hydrogen) atoms. The lowest BCUT2D eigenvalue weighted by molar-refractivity contribution is 0.533. The number of fused-ring (bicyclic) bond motifs is 6. The molecular formula is C28H31ClI3N7. The smallest absolute Gasteiger partial charge is 0.157 e. The molecule has 11 heteroatoms. The largest absolute Gasteiger partial charge is 0.382 e. The fourth-order valence-corrected chi connectivity index (χ4v) is 4.84. The summed E-state index contributed by atoms with van der Waals surface area (Å²) in [6.45, 7) is 10.6. The molecule has 0 bridgehead atoms. The summed E-state index contributed by atoms with van der Waals surface area (Å²) in [5.74, 6) is 1.63. The third-order valence-electron chi connectivity index (χ3n) is 6.02. The van der Waals surface area contributed by atoms with Crippen molar-refractivity contribution >= 4 is 122 Å². The first-order valence-electron chi connectivity index (χ1n) is 12.4. The van der Waals surface area contributed by atoms with E-state index >= 15 is 0 Å². The van der Waals surface area contributed by atoms with Gasteiger partial charge < -0.3 is 14.9 Å². The normalized spacial score (nSPS) is 11.0. The fraction of sp³-hybridized carbons (Fsp3) is 0.286. The Bertz CT molecular complexity index is 1570. The van der Waals surface area contributed by atoms with Crippen LogP contribution < -0.4 is 5.73 Å². The van der Waals surface area contributed by atoms with Crippen LogP contribution in [0.4, 0.5) is 5.82 Å². The van der Waals surface area contributed by atoms with Gasteiger partial charge in [0.15, 0.2) is 11.0 Å². The molecule has 0 aliphatic rings. The molecule has 0 saturated heterocycles. The van der Waals surface area contributed by atoms with Gasteiger partial charge in [-0.1, -0.05) is 75.7 Å². The van der Waals surface area contributed by atoms with Gasteiger partial charge in [-0.05, 0) is 24.0 Å². The van der Waals surface area contributed by atoms with E-state index < -0.39 is 0 Å². The molecule has 0 atom stereocenters. The summed E-state index contributed by atoms with van der Waals surface area (Å²) in [6, 6.07) is 16.1. The van der Waals surface area contributed by atoms with Gasteiger partial charge in [-0.15, -0.1) is 24.0 Å². The predicted octanol–water partition coefficient (Wildman–Crippen LogP) is 9.11. The van der Waals surface area contributed by atoms with E-state index in [1.165, 1.54) is 0 Å². The number of hydrogen-bond acceptors (Lipinski definition) is 5. The molecule has 0 fully saturated rings. The topological polar surface area (TPSA) is 87.4 Å². The van der Waals surface area contributed by atoms with Gasteiger partial charge in [-0.25, -0.2) is 19.9 Å². The Morgan fingerprint density at radius 1 is 0.744 bits per heavy atom. The molecule has 4 aromatic heterocycles. The highest BCUT2D eigenvalue weighted by atomic mass is 128. The second kappa shape index (κ2) is 14.4. The summed E-state index contributed by atoms with van der Waals surface area (Å²) in [4.78, 5) is 17.6. The number of pyridine rings is 2. The summed E-state index contributed by atoms with van der Waals surface area (Å²) < 4.78 is 4.33. The van der Waals surface area contributed by atoms with Gasteiger partial charge in [-0.2, -0.15) is 0 Å². The number of nitrogen functional groups attached to an aromatic ring is 1. The zero-order chi connectivity index (χ0) is 27.4. The Balaban J connectivity index is 0.000000198. The summed E-state index contributed by atoms with van der Waals surface area (Å²) in [7, 11) is 0. The lowest BCUT2D eigenvalue weighted by atomic mass is 10.1. The number of benzene rings is 2. The quantitative estimate of drug-likeness (QED) is 0.141. The number of halogens is 4. The minimum Gasteiger partial charge on any atom is -0.382 e. The Hall–Kier alpha value is -1.52. The Morgan fingerprint density at radius 3 is 1.69 bits per heavy atom. The highest BCUT2D eigenvalue weighted by Crippen LogP contribution is 2.29. The lowest BCUT2D eigenvalue weighted by Gasteiger charge is -2.09. The van der Waals surface area contributed by atoms with Gasteiger partial charge in [0, 0.05) is 61.1 Å². The number of para-hydroxylation sites is 2. The Labute approximate surface area is 273 Å². The number of nitrogens with zero attached hydrogens (tertiary/aromatic N) is 6. The third kappa shape index (κ3) is 7.04. The molecule has 0 unspecified atom stereocenters. The van der Waals surface area contributed by atoms with Crippen LogP contribution in [0.2, 0.25) is 5.15 Å². The first-order chi connectivity index (χ1) is 18.3. The summed E-state index contributed by atoms with van der Waals surface area (Å²) in [5, 5.41) is 2.70. The van der Waals surface area contributed by atoms with Gasteiger partial charge in [0.25, 0.3) is 0 Å². The van der Waals surface area contributed by atoms with Crippen LogP contribution in [0.15, 0.2) is 61.2 Å². The van der Waals surface area contributed by atoms with Gasteiger partial charge in [0.05, 0.1) is 34.7 Å². The maximum atomic E-state index is 6.20. The molecule has 0 aliphatic carbocycles. The van der Waals surface area contributed by atoms with Crippen molar-refractivity contribution in [3.8, 4) is 0 Å². The molecule has 206 valence electrons. The van der Waals surface area contributed by atoms with Crippen LogP contribution in [0, 0.1) is 11.8 Å². The predicted molar refractivity (Wildman–Crippen MR) is 193 cm³/mol. The van der Waals surface area contributed by atoms with Crippen molar-refractivity contribution < 1.29 is 0 Å². The molecule has 4 heterocycles. The maximum Gasteiger partial charge on any atom is 0.157 e. The van der Waals surface area contributed by atoms with E-state index in [4.69, 9.17) is 17.3 Å². The zero-order valence-corrected chi connectivity index (χ0v) is 29.5. The average molecular weight is 882 g/mol. The average Bonchev–Trinajstić information content (AvgIpc) is 3.51. The van der Waals surface area contributed by atoms with E-state index in [1.807, 2.05) is 49.1 Å². The van der Waals surface area contributed by atoms with E-state index in [0.717, 1.165) is 57.0 Å². The van der Waals surface area contributed by atoms with Crippen molar-refractivity contribution in [3.05, 3.63) is 66.3 Å². The first kappa shape index (κ1) is 32.0. The minimum atomic E-state index is 0. The van der Waals surface area contributed by atoms with Crippen molar-refractivity contribution in [1.29, 1.82) is 0 Å². The highest BCUT2D eigenvalue weighted by Gasteiger charge is 2.14. The molecule has 0 spiro atoms. The number of imidazole rings is 2. The Kier molecular flexibility index (Phi) is 11.8. The molecule has 2 aromatic carbocycles. The zero-order valence-electron chi connectivity index (χ0n) is 22.1. The van der Waals surface area contributed by atoms with Crippen LogP contribution >= 0.6 is 72.8 Å². The molecule has 2 N–H and O–H groups in total. The van der Waals surface area contributed by atoms with Crippen molar-refractivity contribution in [2.45, 2.75) is 40.8 Å². The molecule has 0 aliphatic heterocycles. The SMILES string of the molecule is CC(C)Cn1cnc2c(Cl)nc3ccccc3c21.CC(C)Cn1cnc2c(N)nc3ccccc3c21.I.II. The summed E-state index contributed by atoms with van der Waals surface area (Å²) >= 11 is 10.4. The second-order valence-electron chi connectivity index (χ2n) is 9.91. The molecule has 6 rings (SSSR count). The van der Waals surface area contributed by atoms with Crippen molar-refractivity contribution in [1.82, 2.24) is 29.1 Å². The van der Waals surface area contributed by atoms with Crippen LogP contribution in [0.25, 0.3) is 43.9 Å². The summed E-state index contributed by atoms with van der Waals surface area (Å²) in [5.41, 5.74) is 11.6. The van der Waals surface area contributed by atoms with E-state index in [0.29, 0.717) is 22.8 Å². The van der Waals surface area contributed by atoms with Crippen LogP contribution in [0.1, 0.15) is 27.7 Å². The number of aromatic nitrogens is 6. The standard InChI is InChI=1S/C14H14ClN3.C14H16N4.I2.HI/c2*1-9(2)7-18-8-16-12-13(18)10-5-3-4-6-11(10)17-14(12)15;1-2;/h3-6,8-9H,7H2,1-2H3;3-6,8-9H,7H2,1-2H3,(H2,15,17);;1H. The molecule has 7 nitrogen and oxygen atoms in total. The number of nitrogens with two attached hydrogens (primary N) is 1. The molecular weight excluding hydrogens is 851 g/mol. The monoisotopic (exact) mass is 881 g/mol. The van der Waals surface area contributed by atoms with Crippen molar-refractivity contribution in [2.75, 3.05) is 5.73 Å². The molecule has 0 saturated carbocycles. The Morgan fingerprint density at radius 2 is 1.18 bits per heavy atom. The van der Waals surface area contributed by atoms with Crippen LogP contribution in [0.5, 0.6) is 0 Å². The minimum absolute atomic E-state index is 0. The van der Waals surface area contributed by atoms with E-state index in [2.05, 4.69) is 106 Å². The van der Waals surface area contributed by atoms with Crippen LogP contribution in [0.3, 0.4) is 0 Å². The first-order valence-corrected chi connectivity index (χ1v) is 19.0. The number of anilines is 1. The second-order valence-corrected chi connectivity index (χ2v) is 10.3. The van der Waals surface area contributed by atoms with Crippen molar-refractivity contribution in [2.24, 2.45) is 11.8 Å². The number of hydrogen-bond donors (Lipinski definition) is 1. The summed E-state index contributed by atoms with van der Waals surface area (Å²) in [6.07, 6.45) is 3.71. The van der Waals surface area contributed by atoms with E-state index in [1.54, 1.807) is 0 Å². The van der Waals surface area contributed by atoms with E-state index in [-0.39, 0.29) is 24.0 Å².